The average Bonchev–Trinajstić information content (AvgIpc) is 2.95. The summed E-state index contributed by atoms with van der Waals surface area (Å²) in [6.45, 7) is 2.64. The molecule has 2 saturated heterocycles. The van der Waals surface area contributed by atoms with Crippen molar-refractivity contribution in [2.24, 2.45) is 0 Å². The van der Waals surface area contributed by atoms with Gasteiger partial charge in [0.05, 0.1) is 11.5 Å². The Labute approximate surface area is 150 Å². The standard InChI is InChI=1S/C20H24N2O2S/c1-21-11-12-22(20-15-25(23,24)14-19(20)21)13-17-9-5-6-10-18(17)16-7-3-2-4-8-16/h2-10,19-20H,11-15H2,1H3/t19-,20+/m1/s1. The number of nitrogens with zero attached hydrogens (tertiary/aromatic N) is 2. The molecule has 4 nitrogen and oxygen atoms in total. The molecule has 5 heteroatoms. The Morgan fingerprint density at radius 2 is 1.60 bits per heavy atom. The zero-order chi connectivity index (χ0) is 17.4. The van der Waals surface area contributed by atoms with Gasteiger partial charge in [-0.2, -0.15) is 0 Å². The maximum Gasteiger partial charge on any atom is 0.153 e. The number of likely N-dealkylation sites (N-methyl/N-ethyl adjacent to an activating group) is 1. The minimum absolute atomic E-state index is 0.104. The van der Waals surface area contributed by atoms with Crippen molar-refractivity contribution in [3.63, 3.8) is 0 Å². The van der Waals surface area contributed by atoms with Crippen LogP contribution < -0.4 is 0 Å². The van der Waals surface area contributed by atoms with Gasteiger partial charge in [0, 0.05) is 31.7 Å². The summed E-state index contributed by atoms with van der Waals surface area (Å²) in [7, 11) is -0.883. The van der Waals surface area contributed by atoms with Gasteiger partial charge in [0.15, 0.2) is 9.84 Å². The summed E-state index contributed by atoms with van der Waals surface area (Å²) in [6, 6.07) is 19.1. The average molecular weight is 356 g/mol. The van der Waals surface area contributed by atoms with Crippen molar-refractivity contribution in [3.8, 4) is 11.1 Å². The van der Waals surface area contributed by atoms with E-state index < -0.39 is 9.84 Å². The molecule has 0 spiro atoms. The van der Waals surface area contributed by atoms with E-state index in [4.69, 9.17) is 0 Å². The maximum atomic E-state index is 12.2. The fourth-order valence-corrected chi connectivity index (χ4v) is 6.26. The predicted molar refractivity (Wildman–Crippen MR) is 101 cm³/mol. The molecule has 0 aliphatic carbocycles. The fraction of sp³-hybridized carbons (Fsp3) is 0.400. The van der Waals surface area contributed by atoms with Crippen molar-refractivity contribution in [2.75, 3.05) is 31.6 Å². The number of sulfone groups is 1. The molecule has 0 radical (unpaired) electrons. The van der Waals surface area contributed by atoms with Crippen LogP contribution in [-0.4, -0.2) is 61.9 Å². The van der Waals surface area contributed by atoms with Gasteiger partial charge in [-0.05, 0) is 23.7 Å². The molecule has 4 rings (SSSR count). The van der Waals surface area contributed by atoms with Crippen LogP contribution in [0.15, 0.2) is 54.6 Å². The van der Waals surface area contributed by atoms with Gasteiger partial charge >= 0.3 is 0 Å². The lowest BCUT2D eigenvalue weighted by Gasteiger charge is -2.42. The zero-order valence-electron chi connectivity index (χ0n) is 14.5. The number of benzene rings is 2. The molecule has 132 valence electrons. The van der Waals surface area contributed by atoms with Gasteiger partial charge < -0.3 is 0 Å². The molecule has 2 aliphatic heterocycles. The second-order valence-electron chi connectivity index (χ2n) is 7.19. The number of fused-ring (bicyclic) bond motifs is 1. The lowest BCUT2D eigenvalue weighted by Crippen LogP contribution is -2.57. The van der Waals surface area contributed by atoms with Crippen molar-refractivity contribution in [1.29, 1.82) is 0 Å². The van der Waals surface area contributed by atoms with Crippen molar-refractivity contribution >= 4 is 9.84 Å². The smallest absolute Gasteiger partial charge is 0.153 e. The number of hydrogen-bond acceptors (Lipinski definition) is 4. The Hall–Kier alpha value is -1.69. The summed E-state index contributed by atoms with van der Waals surface area (Å²) in [4.78, 5) is 4.59. The molecule has 2 aliphatic rings. The Balaban J connectivity index is 1.63. The van der Waals surface area contributed by atoms with Crippen molar-refractivity contribution < 1.29 is 8.42 Å². The molecule has 2 aromatic rings. The maximum absolute atomic E-state index is 12.2. The summed E-state index contributed by atoms with van der Waals surface area (Å²) >= 11 is 0. The van der Waals surface area contributed by atoms with Crippen molar-refractivity contribution in [3.05, 3.63) is 60.2 Å². The number of rotatable bonds is 3. The number of hydrogen-bond donors (Lipinski definition) is 0. The van der Waals surface area contributed by atoms with Crippen LogP contribution in [0.1, 0.15) is 5.56 Å². The molecule has 0 bridgehead atoms. The van der Waals surface area contributed by atoms with Gasteiger partial charge in [0.2, 0.25) is 0 Å². The zero-order valence-corrected chi connectivity index (χ0v) is 15.3. The van der Waals surface area contributed by atoms with Gasteiger partial charge in [0.1, 0.15) is 0 Å². The molecule has 2 atom stereocenters. The molecular formula is C20H24N2O2S. The molecule has 2 aromatic carbocycles. The third kappa shape index (κ3) is 3.36. The van der Waals surface area contributed by atoms with Crippen LogP contribution in [0, 0.1) is 0 Å². The second kappa shape index (κ2) is 6.56. The first-order chi connectivity index (χ1) is 12.0. The quantitative estimate of drug-likeness (QED) is 0.846. The molecule has 0 unspecified atom stereocenters. The Morgan fingerprint density at radius 3 is 2.40 bits per heavy atom. The minimum Gasteiger partial charge on any atom is -0.300 e. The summed E-state index contributed by atoms with van der Waals surface area (Å²) in [5.41, 5.74) is 3.71. The van der Waals surface area contributed by atoms with E-state index in [9.17, 15) is 8.42 Å². The van der Waals surface area contributed by atoms with E-state index in [1.54, 1.807) is 0 Å². The Morgan fingerprint density at radius 1 is 0.920 bits per heavy atom. The van der Waals surface area contributed by atoms with Crippen LogP contribution in [0.25, 0.3) is 11.1 Å². The third-order valence-corrected chi connectivity index (χ3v) is 7.24. The van der Waals surface area contributed by atoms with E-state index in [-0.39, 0.29) is 17.8 Å². The molecule has 0 amide bonds. The van der Waals surface area contributed by atoms with Crippen LogP contribution in [0.5, 0.6) is 0 Å². The summed E-state index contributed by atoms with van der Waals surface area (Å²) in [5.74, 6) is 0.584. The van der Waals surface area contributed by atoms with Gasteiger partial charge in [-0.1, -0.05) is 54.6 Å². The van der Waals surface area contributed by atoms with E-state index in [1.165, 1.54) is 16.7 Å². The van der Waals surface area contributed by atoms with Gasteiger partial charge in [-0.15, -0.1) is 0 Å². The highest BCUT2D eigenvalue weighted by atomic mass is 32.2. The van der Waals surface area contributed by atoms with Gasteiger partial charge in [-0.3, -0.25) is 9.80 Å². The van der Waals surface area contributed by atoms with E-state index in [0.717, 1.165) is 19.6 Å². The largest absolute Gasteiger partial charge is 0.300 e. The van der Waals surface area contributed by atoms with Crippen LogP contribution in [0.3, 0.4) is 0 Å². The lowest BCUT2D eigenvalue weighted by molar-refractivity contribution is 0.0574. The number of piperazine rings is 1. The topological polar surface area (TPSA) is 40.6 Å². The predicted octanol–water partition coefficient (Wildman–Crippen LogP) is 2.27. The highest BCUT2D eigenvalue weighted by molar-refractivity contribution is 7.91. The second-order valence-corrected chi connectivity index (χ2v) is 9.34. The normalized spacial score (nSPS) is 26.4. The Kier molecular flexibility index (Phi) is 4.40. The first-order valence-corrected chi connectivity index (χ1v) is 10.6. The van der Waals surface area contributed by atoms with E-state index in [2.05, 4.69) is 58.3 Å². The van der Waals surface area contributed by atoms with Crippen LogP contribution in [0.2, 0.25) is 0 Å². The van der Waals surface area contributed by atoms with E-state index in [0.29, 0.717) is 5.75 Å². The third-order valence-electron chi connectivity index (χ3n) is 5.54. The molecule has 2 heterocycles. The lowest BCUT2D eigenvalue weighted by atomic mass is 9.97. The highest BCUT2D eigenvalue weighted by Gasteiger charge is 2.45. The molecule has 0 N–H and O–H groups in total. The molecule has 0 aromatic heterocycles. The first-order valence-electron chi connectivity index (χ1n) is 8.81. The highest BCUT2D eigenvalue weighted by Crippen LogP contribution is 2.30. The van der Waals surface area contributed by atoms with Gasteiger partial charge in [-0.25, -0.2) is 8.42 Å². The monoisotopic (exact) mass is 356 g/mol. The molecular weight excluding hydrogens is 332 g/mol. The molecule has 25 heavy (non-hydrogen) atoms. The SMILES string of the molecule is CN1CCN(Cc2ccccc2-c2ccccc2)[C@H]2CS(=O)(=O)C[C@H]21. The summed E-state index contributed by atoms with van der Waals surface area (Å²) in [5, 5.41) is 0. The van der Waals surface area contributed by atoms with Crippen LogP contribution >= 0.6 is 0 Å². The molecule has 0 saturated carbocycles. The fourth-order valence-electron chi connectivity index (χ4n) is 4.17. The van der Waals surface area contributed by atoms with Crippen molar-refractivity contribution in [2.45, 2.75) is 18.6 Å². The van der Waals surface area contributed by atoms with Crippen molar-refractivity contribution in [1.82, 2.24) is 9.80 Å². The summed E-state index contributed by atoms with van der Waals surface area (Å²) < 4.78 is 24.4. The molecule has 2 fully saturated rings. The Bertz CT molecular complexity index is 851. The minimum atomic E-state index is -2.93. The van der Waals surface area contributed by atoms with Gasteiger partial charge in [0.25, 0.3) is 0 Å². The van der Waals surface area contributed by atoms with Crippen LogP contribution in [0.4, 0.5) is 0 Å². The van der Waals surface area contributed by atoms with E-state index in [1.807, 2.05) is 13.1 Å². The van der Waals surface area contributed by atoms with E-state index >= 15 is 0 Å². The van der Waals surface area contributed by atoms with Crippen LogP contribution in [-0.2, 0) is 16.4 Å². The first kappa shape index (κ1) is 16.8. The summed E-state index contributed by atoms with van der Waals surface area (Å²) in [6.07, 6.45) is 0.